The summed E-state index contributed by atoms with van der Waals surface area (Å²) < 4.78 is 0. The molecule has 3 aliphatic carbocycles. The molecule has 0 atom stereocenters. The highest BCUT2D eigenvalue weighted by molar-refractivity contribution is 5.91. The van der Waals surface area contributed by atoms with Crippen LogP contribution in [0.1, 0.15) is 74.9 Å². The molecule has 75 heavy (non-hydrogen) atoms. The second-order valence-electron chi connectivity index (χ2n) is 22.9. The lowest BCUT2D eigenvalue weighted by molar-refractivity contribution is 0.659. The standard InChI is InChI=1S/C75H58/c1-73(2)67-41-52(48-18-12-8-13-19-48)26-32-61(67)62-33-27-53(42-68(62)73)54-28-34-63-64-35-29-55(44-70(64)74(3,4)69(63)43-54)56-30-36-65-66-37-31-57(46-72(66)75(5,6)71(65)45-56)60-39-58(49-20-14-9-15-21-49)38-59(40-60)51-24-22-50(23-25-51)47-16-10-7-11-17-47/h7-46H,1-6H3. The number of hydrogen-bond donors (Lipinski definition) is 0. The summed E-state index contributed by atoms with van der Waals surface area (Å²) in [6.45, 7) is 14.4. The zero-order valence-corrected chi connectivity index (χ0v) is 43.6. The van der Waals surface area contributed by atoms with Gasteiger partial charge in [0.05, 0.1) is 0 Å². The number of benzene rings is 11. The third-order valence-corrected chi connectivity index (χ3v) is 17.5. The van der Waals surface area contributed by atoms with Gasteiger partial charge in [-0.15, -0.1) is 0 Å². The van der Waals surface area contributed by atoms with E-state index < -0.39 is 0 Å². The van der Waals surface area contributed by atoms with Crippen LogP contribution in [-0.2, 0) is 16.2 Å². The van der Waals surface area contributed by atoms with Crippen molar-refractivity contribution >= 4 is 0 Å². The lowest BCUT2D eigenvalue weighted by Crippen LogP contribution is -2.16. The molecule has 0 aliphatic heterocycles. The highest BCUT2D eigenvalue weighted by Crippen LogP contribution is 2.55. The Morgan fingerprint density at radius 3 is 0.613 bits per heavy atom. The quantitative estimate of drug-likeness (QED) is 0.149. The van der Waals surface area contributed by atoms with Crippen LogP contribution in [0.15, 0.2) is 243 Å². The van der Waals surface area contributed by atoms with Gasteiger partial charge in [0.25, 0.3) is 0 Å². The molecule has 0 heterocycles. The summed E-state index contributed by atoms with van der Waals surface area (Å²) in [6, 6.07) is 91.3. The van der Waals surface area contributed by atoms with Gasteiger partial charge in [-0.1, -0.05) is 230 Å². The number of hydrogen-bond acceptors (Lipinski definition) is 0. The van der Waals surface area contributed by atoms with E-state index in [1.807, 2.05) is 0 Å². The molecule has 11 aromatic rings. The van der Waals surface area contributed by atoms with Crippen molar-refractivity contribution in [2.45, 2.75) is 57.8 Å². The Morgan fingerprint density at radius 1 is 0.160 bits per heavy atom. The number of rotatable bonds is 7. The smallest absolute Gasteiger partial charge is 0.0159 e. The predicted octanol–water partition coefficient (Wildman–Crippen LogP) is 20.3. The third kappa shape index (κ3) is 7.18. The van der Waals surface area contributed by atoms with Gasteiger partial charge in [0.1, 0.15) is 0 Å². The van der Waals surface area contributed by atoms with Crippen molar-refractivity contribution in [2.24, 2.45) is 0 Å². The SMILES string of the molecule is CC1(C)c2cc(-c3ccccc3)ccc2-c2ccc(-c3ccc4c(c3)C(C)(C)c3cc(-c5ccc6c(c5)C(C)(C)c5cc(-c7cc(-c8ccccc8)cc(-c8ccc(-c9ccccc9)cc8)c7)ccc5-6)ccc3-4)cc21. The van der Waals surface area contributed by atoms with Crippen LogP contribution in [0, 0.1) is 0 Å². The first kappa shape index (κ1) is 45.1. The first-order valence-corrected chi connectivity index (χ1v) is 26.7. The van der Waals surface area contributed by atoms with E-state index in [9.17, 15) is 0 Å². The molecule has 0 N–H and O–H groups in total. The molecule has 358 valence electrons. The molecule has 0 amide bonds. The minimum atomic E-state index is -0.187. The van der Waals surface area contributed by atoms with E-state index in [-0.39, 0.29) is 16.2 Å². The normalized spacial score (nSPS) is 14.6. The Labute approximate surface area is 442 Å². The average molecular weight is 959 g/mol. The third-order valence-electron chi connectivity index (χ3n) is 17.5. The fourth-order valence-corrected chi connectivity index (χ4v) is 13.2. The van der Waals surface area contributed by atoms with Crippen molar-refractivity contribution in [3.8, 4) is 111 Å². The van der Waals surface area contributed by atoms with Crippen LogP contribution < -0.4 is 0 Å². The highest BCUT2D eigenvalue weighted by atomic mass is 14.4. The summed E-state index contributed by atoms with van der Waals surface area (Å²) in [4.78, 5) is 0. The molecule has 0 radical (unpaired) electrons. The lowest BCUT2D eigenvalue weighted by Gasteiger charge is -2.24. The van der Waals surface area contributed by atoms with Crippen LogP contribution in [0.5, 0.6) is 0 Å². The van der Waals surface area contributed by atoms with E-state index in [1.54, 1.807) is 0 Å². The molecular weight excluding hydrogens is 901 g/mol. The molecule has 0 saturated carbocycles. The Kier molecular flexibility index (Phi) is 10.0. The van der Waals surface area contributed by atoms with Gasteiger partial charge >= 0.3 is 0 Å². The maximum atomic E-state index is 2.48. The van der Waals surface area contributed by atoms with Gasteiger partial charge in [-0.25, -0.2) is 0 Å². The molecule has 0 nitrogen and oxygen atoms in total. The van der Waals surface area contributed by atoms with E-state index in [0.29, 0.717) is 0 Å². The van der Waals surface area contributed by atoms with Crippen LogP contribution in [0.4, 0.5) is 0 Å². The fraction of sp³-hybridized carbons (Fsp3) is 0.120. The van der Waals surface area contributed by atoms with Crippen LogP contribution in [0.25, 0.3) is 111 Å². The van der Waals surface area contributed by atoms with E-state index in [2.05, 4.69) is 284 Å². The molecule has 0 aromatic heterocycles. The Balaban J connectivity index is 0.761. The molecule has 11 aromatic carbocycles. The Morgan fingerprint density at radius 2 is 0.333 bits per heavy atom. The van der Waals surface area contributed by atoms with Gasteiger partial charge in [-0.3, -0.25) is 0 Å². The van der Waals surface area contributed by atoms with Crippen molar-refractivity contribution in [2.75, 3.05) is 0 Å². The Hall–Kier alpha value is -8.58. The largest absolute Gasteiger partial charge is 0.0622 e. The summed E-state index contributed by atoms with van der Waals surface area (Å²) in [5.74, 6) is 0. The lowest BCUT2D eigenvalue weighted by atomic mass is 9.79. The second kappa shape index (κ2) is 16.7. The van der Waals surface area contributed by atoms with E-state index in [0.717, 1.165) is 0 Å². The molecular formula is C75H58. The van der Waals surface area contributed by atoms with Gasteiger partial charge in [0, 0.05) is 16.2 Å². The van der Waals surface area contributed by atoms with E-state index in [1.165, 1.54) is 145 Å². The minimum absolute atomic E-state index is 0.107. The van der Waals surface area contributed by atoms with Crippen LogP contribution >= 0.6 is 0 Å². The van der Waals surface area contributed by atoms with Crippen molar-refractivity contribution in [1.29, 1.82) is 0 Å². The summed E-state index contributed by atoms with van der Waals surface area (Å²) >= 11 is 0. The summed E-state index contributed by atoms with van der Waals surface area (Å²) in [5.41, 5.74) is 33.3. The minimum Gasteiger partial charge on any atom is -0.0622 e. The topological polar surface area (TPSA) is 0 Å². The van der Waals surface area contributed by atoms with Crippen LogP contribution in [0.2, 0.25) is 0 Å². The fourth-order valence-electron chi connectivity index (χ4n) is 13.2. The van der Waals surface area contributed by atoms with Gasteiger partial charge in [0.2, 0.25) is 0 Å². The molecule has 0 unspecified atom stereocenters. The summed E-state index contributed by atoms with van der Waals surface area (Å²) in [5, 5.41) is 0. The van der Waals surface area contributed by atoms with Crippen molar-refractivity contribution in [3.63, 3.8) is 0 Å². The van der Waals surface area contributed by atoms with Crippen molar-refractivity contribution in [3.05, 3.63) is 276 Å². The van der Waals surface area contributed by atoms with Gasteiger partial charge in [-0.2, -0.15) is 0 Å². The van der Waals surface area contributed by atoms with E-state index in [4.69, 9.17) is 0 Å². The molecule has 0 fully saturated rings. The predicted molar refractivity (Wildman–Crippen MR) is 317 cm³/mol. The molecule has 3 aliphatic rings. The van der Waals surface area contributed by atoms with Gasteiger partial charge in [-0.05, 0) is 199 Å². The second-order valence-corrected chi connectivity index (χ2v) is 22.9. The first-order chi connectivity index (χ1) is 36.4. The van der Waals surface area contributed by atoms with Crippen LogP contribution in [0.3, 0.4) is 0 Å². The zero-order valence-electron chi connectivity index (χ0n) is 43.6. The summed E-state index contributed by atoms with van der Waals surface area (Å²) in [6.07, 6.45) is 0. The van der Waals surface area contributed by atoms with Gasteiger partial charge < -0.3 is 0 Å². The maximum absolute atomic E-state index is 2.48. The molecule has 0 saturated heterocycles. The van der Waals surface area contributed by atoms with Gasteiger partial charge in [0.15, 0.2) is 0 Å². The molecule has 14 rings (SSSR count). The highest BCUT2D eigenvalue weighted by Gasteiger charge is 2.39. The average Bonchev–Trinajstić information content (AvgIpc) is 3.95. The van der Waals surface area contributed by atoms with Crippen LogP contribution in [-0.4, -0.2) is 0 Å². The maximum Gasteiger partial charge on any atom is 0.0159 e. The number of fused-ring (bicyclic) bond motifs is 9. The monoisotopic (exact) mass is 958 g/mol. The molecule has 0 heteroatoms. The Bertz CT molecular complexity index is 4090. The van der Waals surface area contributed by atoms with Crippen molar-refractivity contribution < 1.29 is 0 Å². The molecule has 0 spiro atoms. The molecule has 0 bridgehead atoms. The van der Waals surface area contributed by atoms with E-state index >= 15 is 0 Å². The zero-order chi connectivity index (χ0) is 50.8. The van der Waals surface area contributed by atoms with Crippen molar-refractivity contribution in [1.82, 2.24) is 0 Å². The first-order valence-electron chi connectivity index (χ1n) is 26.7. The summed E-state index contributed by atoms with van der Waals surface area (Å²) in [7, 11) is 0.